The number of para-hydroxylation sites is 1. The summed E-state index contributed by atoms with van der Waals surface area (Å²) in [4.78, 5) is 25.1. The van der Waals surface area contributed by atoms with Crippen LogP contribution in [0.4, 0.5) is 0 Å². The molecule has 152 valence electrons. The molecule has 0 fully saturated rings. The second-order valence-corrected chi connectivity index (χ2v) is 7.31. The van der Waals surface area contributed by atoms with Crippen LogP contribution in [0.2, 0.25) is 0 Å². The van der Waals surface area contributed by atoms with Crippen LogP contribution in [0.15, 0.2) is 90.0 Å². The average molecular weight is 409 g/mol. The molecular weight excluding hydrogens is 390 g/mol. The van der Waals surface area contributed by atoms with Crippen molar-refractivity contribution in [2.24, 2.45) is 5.73 Å². The van der Waals surface area contributed by atoms with E-state index in [9.17, 15) is 14.7 Å². The Labute approximate surface area is 177 Å². The van der Waals surface area contributed by atoms with Gasteiger partial charge in [0.1, 0.15) is 0 Å². The topological polar surface area (TPSA) is 90.3 Å². The van der Waals surface area contributed by atoms with E-state index in [2.05, 4.69) is 0 Å². The molecule has 0 saturated heterocycles. The highest BCUT2D eigenvalue weighted by Crippen LogP contribution is 2.29. The summed E-state index contributed by atoms with van der Waals surface area (Å²) in [6.45, 7) is -0.289. The summed E-state index contributed by atoms with van der Waals surface area (Å²) in [6.07, 6.45) is 3.39. The monoisotopic (exact) mass is 409 g/mol. The highest BCUT2D eigenvalue weighted by atomic mass is 16.3. The maximum Gasteiger partial charge on any atom is 0.262 e. The van der Waals surface area contributed by atoms with Crippen molar-refractivity contribution in [1.82, 2.24) is 9.13 Å². The highest BCUT2D eigenvalue weighted by Gasteiger charge is 2.18. The molecule has 0 unspecified atom stereocenters. The Morgan fingerprint density at radius 3 is 2.26 bits per heavy atom. The predicted molar refractivity (Wildman–Crippen MR) is 121 cm³/mol. The van der Waals surface area contributed by atoms with Gasteiger partial charge in [0.15, 0.2) is 0 Å². The summed E-state index contributed by atoms with van der Waals surface area (Å²) in [7, 11) is 0. The molecule has 0 aliphatic rings. The maximum atomic E-state index is 13.2. The Hall–Kier alpha value is -4.16. The summed E-state index contributed by atoms with van der Waals surface area (Å²) in [5.74, 6) is -0.526. The third kappa shape index (κ3) is 2.93. The molecule has 0 aliphatic heterocycles. The zero-order valence-corrected chi connectivity index (χ0v) is 16.5. The van der Waals surface area contributed by atoms with Gasteiger partial charge in [0.25, 0.3) is 11.5 Å². The van der Waals surface area contributed by atoms with Gasteiger partial charge in [-0.2, -0.15) is 0 Å². The molecule has 0 spiro atoms. The first kappa shape index (κ1) is 18.8. The van der Waals surface area contributed by atoms with Gasteiger partial charge in [-0.05, 0) is 35.7 Å². The fourth-order valence-electron chi connectivity index (χ4n) is 4.13. The molecule has 1 amide bonds. The fraction of sp³-hybridized carbons (Fsp3) is 0.0400. The first-order valence-corrected chi connectivity index (χ1v) is 9.84. The Morgan fingerprint density at radius 1 is 0.839 bits per heavy atom. The van der Waals surface area contributed by atoms with Gasteiger partial charge in [0.2, 0.25) is 0 Å². The molecular formula is C25H19N3O3. The molecule has 0 aliphatic carbocycles. The molecule has 5 rings (SSSR count). The van der Waals surface area contributed by atoms with Gasteiger partial charge < -0.3 is 15.4 Å². The minimum absolute atomic E-state index is 0.167. The fourth-order valence-corrected chi connectivity index (χ4v) is 4.13. The lowest BCUT2D eigenvalue weighted by Gasteiger charge is -2.17. The number of nitrogens with two attached hydrogens (primary N) is 1. The SMILES string of the molecule is NC(=O)c1cn(-c2cccc(-n3ccc4ccccc4c3=O)c2CO)c2ccccc12. The number of hydrogen-bond donors (Lipinski definition) is 2. The molecule has 2 aromatic heterocycles. The second-order valence-electron chi connectivity index (χ2n) is 7.31. The number of rotatable bonds is 4. The van der Waals surface area contributed by atoms with Crippen LogP contribution in [0, 0.1) is 0 Å². The Kier molecular flexibility index (Phi) is 4.42. The van der Waals surface area contributed by atoms with Gasteiger partial charge in [0, 0.05) is 28.7 Å². The third-order valence-electron chi connectivity index (χ3n) is 5.59. The summed E-state index contributed by atoms with van der Waals surface area (Å²) in [6, 6.07) is 22.2. The summed E-state index contributed by atoms with van der Waals surface area (Å²) in [5.41, 5.74) is 8.42. The quantitative estimate of drug-likeness (QED) is 0.476. The van der Waals surface area contributed by atoms with E-state index in [0.717, 1.165) is 16.3 Å². The lowest BCUT2D eigenvalue weighted by molar-refractivity contribution is 0.100. The second kappa shape index (κ2) is 7.27. The number of pyridine rings is 1. The Balaban J connectivity index is 1.80. The largest absolute Gasteiger partial charge is 0.392 e. The molecule has 2 heterocycles. The van der Waals surface area contributed by atoms with Crippen molar-refractivity contribution in [1.29, 1.82) is 0 Å². The van der Waals surface area contributed by atoms with E-state index in [1.807, 2.05) is 65.2 Å². The van der Waals surface area contributed by atoms with E-state index in [-0.39, 0.29) is 12.2 Å². The van der Waals surface area contributed by atoms with Gasteiger partial charge in [-0.15, -0.1) is 0 Å². The molecule has 0 saturated carbocycles. The van der Waals surface area contributed by atoms with E-state index < -0.39 is 5.91 Å². The van der Waals surface area contributed by atoms with Crippen molar-refractivity contribution in [3.8, 4) is 11.4 Å². The van der Waals surface area contributed by atoms with Crippen molar-refractivity contribution in [3.63, 3.8) is 0 Å². The van der Waals surface area contributed by atoms with Crippen LogP contribution in [-0.4, -0.2) is 20.1 Å². The van der Waals surface area contributed by atoms with E-state index in [1.54, 1.807) is 24.5 Å². The van der Waals surface area contributed by atoms with Gasteiger partial charge in [-0.1, -0.05) is 42.5 Å². The molecule has 31 heavy (non-hydrogen) atoms. The van der Waals surface area contributed by atoms with Crippen molar-refractivity contribution in [2.75, 3.05) is 0 Å². The van der Waals surface area contributed by atoms with E-state index in [1.165, 1.54) is 4.57 Å². The number of aliphatic hydroxyl groups is 1. The number of fused-ring (bicyclic) bond motifs is 2. The summed E-state index contributed by atoms with van der Waals surface area (Å²) < 4.78 is 3.37. The summed E-state index contributed by atoms with van der Waals surface area (Å²) in [5, 5.41) is 12.5. The molecule has 6 heteroatoms. The van der Waals surface area contributed by atoms with E-state index in [0.29, 0.717) is 27.9 Å². The van der Waals surface area contributed by atoms with Crippen LogP contribution in [-0.2, 0) is 6.61 Å². The van der Waals surface area contributed by atoms with Crippen molar-refractivity contribution in [2.45, 2.75) is 6.61 Å². The standard InChI is InChI=1S/C25H19N3O3/c26-24(30)19-14-28(21-9-4-3-8-18(19)21)23-11-5-10-22(20(23)15-29)27-13-12-16-6-1-2-7-17(16)25(27)31/h1-14,29H,15H2,(H2,26,30). The number of nitrogens with zero attached hydrogens (tertiary/aromatic N) is 2. The van der Waals surface area contributed by atoms with Crippen LogP contribution >= 0.6 is 0 Å². The highest BCUT2D eigenvalue weighted by molar-refractivity contribution is 6.06. The lowest BCUT2D eigenvalue weighted by atomic mass is 10.1. The number of benzene rings is 3. The molecule has 0 atom stereocenters. The van der Waals surface area contributed by atoms with Crippen molar-refractivity contribution in [3.05, 3.63) is 107 Å². The number of carbonyl (C=O) groups excluding carboxylic acids is 1. The van der Waals surface area contributed by atoms with E-state index in [4.69, 9.17) is 5.73 Å². The van der Waals surface area contributed by atoms with Crippen LogP contribution in [0.1, 0.15) is 15.9 Å². The van der Waals surface area contributed by atoms with Crippen LogP contribution in [0.5, 0.6) is 0 Å². The Bertz CT molecular complexity index is 1530. The number of hydrogen-bond acceptors (Lipinski definition) is 3. The number of primary amides is 1. The molecule has 6 nitrogen and oxygen atoms in total. The molecule has 0 radical (unpaired) electrons. The first-order chi connectivity index (χ1) is 15.1. The number of carbonyl (C=O) groups is 1. The minimum Gasteiger partial charge on any atom is -0.392 e. The lowest BCUT2D eigenvalue weighted by Crippen LogP contribution is -2.19. The third-order valence-corrected chi connectivity index (χ3v) is 5.59. The zero-order valence-electron chi connectivity index (χ0n) is 16.5. The van der Waals surface area contributed by atoms with Crippen LogP contribution in [0.25, 0.3) is 33.1 Å². The summed E-state index contributed by atoms with van der Waals surface area (Å²) >= 11 is 0. The molecule has 0 bridgehead atoms. The van der Waals surface area contributed by atoms with Gasteiger partial charge in [0.05, 0.1) is 29.1 Å². The van der Waals surface area contributed by atoms with Crippen molar-refractivity contribution >= 4 is 27.6 Å². The van der Waals surface area contributed by atoms with Crippen molar-refractivity contribution < 1.29 is 9.90 Å². The minimum atomic E-state index is -0.526. The Morgan fingerprint density at radius 2 is 1.52 bits per heavy atom. The van der Waals surface area contributed by atoms with Gasteiger partial charge in [-0.3, -0.25) is 14.2 Å². The number of aromatic nitrogens is 2. The number of amides is 1. The van der Waals surface area contributed by atoms with Crippen LogP contribution < -0.4 is 11.3 Å². The average Bonchev–Trinajstić information content (AvgIpc) is 3.19. The smallest absolute Gasteiger partial charge is 0.262 e. The molecule has 3 N–H and O–H groups in total. The van der Waals surface area contributed by atoms with Crippen LogP contribution in [0.3, 0.4) is 0 Å². The normalized spacial score (nSPS) is 11.3. The van der Waals surface area contributed by atoms with Gasteiger partial charge in [-0.25, -0.2) is 0 Å². The number of aliphatic hydroxyl groups excluding tert-OH is 1. The first-order valence-electron chi connectivity index (χ1n) is 9.84. The predicted octanol–water partition coefficient (Wildman–Crippen LogP) is 3.53. The van der Waals surface area contributed by atoms with E-state index >= 15 is 0 Å². The zero-order chi connectivity index (χ0) is 21.5. The maximum absolute atomic E-state index is 13.2. The van der Waals surface area contributed by atoms with Gasteiger partial charge >= 0.3 is 0 Å². The molecule has 5 aromatic rings. The molecule has 3 aromatic carbocycles.